The van der Waals surface area contributed by atoms with E-state index in [2.05, 4.69) is 5.32 Å². The van der Waals surface area contributed by atoms with Crippen LogP contribution in [0.25, 0.3) is 0 Å². The van der Waals surface area contributed by atoms with E-state index < -0.39 is 23.2 Å². The summed E-state index contributed by atoms with van der Waals surface area (Å²) in [4.78, 5) is 35.1. The average molecular weight is 321 g/mol. The summed E-state index contributed by atoms with van der Waals surface area (Å²) in [6, 6.07) is 4.83. The zero-order chi connectivity index (χ0) is 17.8. The molecular weight excluding hydrogens is 298 g/mol. The fourth-order valence-corrected chi connectivity index (χ4v) is 2.01. The summed E-state index contributed by atoms with van der Waals surface area (Å²) in [6.07, 6.45) is -0.0643. The first-order chi connectivity index (χ1) is 10.5. The van der Waals surface area contributed by atoms with Crippen LogP contribution < -0.4 is 5.32 Å². The lowest BCUT2D eigenvalue weighted by Gasteiger charge is -2.28. The van der Waals surface area contributed by atoms with E-state index >= 15 is 0 Å². The fraction of sp³-hybridized carbons (Fsp3) is 0.471. The van der Waals surface area contributed by atoms with Crippen molar-refractivity contribution in [1.82, 2.24) is 5.32 Å². The lowest BCUT2D eigenvalue weighted by Crippen LogP contribution is -2.47. The highest BCUT2D eigenvalue weighted by Crippen LogP contribution is 2.23. The maximum absolute atomic E-state index is 11.9. The number of aldehydes is 1. The molecule has 0 aliphatic heterocycles. The van der Waals surface area contributed by atoms with Gasteiger partial charge in [-0.15, -0.1) is 0 Å². The summed E-state index contributed by atoms with van der Waals surface area (Å²) in [5, 5.41) is 2.56. The molecule has 1 aromatic carbocycles. The van der Waals surface area contributed by atoms with Crippen LogP contribution in [-0.4, -0.2) is 31.1 Å². The first kappa shape index (κ1) is 18.7. The van der Waals surface area contributed by atoms with Gasteiger partial charge in [0, 0.05) is 0 Å². The van der Waals surface area contributed by atoms with E-state index in [1.165, 1.54) is 7.11 Å². The Bertz CT molecular complexity index is 618. The largest absolute Gasteiger partial charge is 0.465 e. The van der Waals surface area contributed by atoms with Gasteiger partial charge in [-0.05, 0) is 51.8 Å². The van der Waals surface area contributed by atoms with Gasteiger partial charge in [0.15, 0.2) is 0 Å². The monoisotopic (exact) mass is 321 g/mol. The Balaban J connectivity index is 3.09. The molecule has 0 saturated carbocycles. The van der Waals surface area contributed by atoms with Gasteiger partial charge in [0.25, 0.3) is 0 Å². The number of ether oxygens (including phenoxy) is 2. The van der Waals surface area contributed by atoms with Crippen molar-refractivity contribution in [3.8, 4) is 0 Å². The predicted octanol–water partition coefficient (Wildman–Crippen LogP) is 2.72. The smallest absolute Gasteiger partial charge is 0.408 e. The van der Waals surface area contributed by atoms with Crippen LogP contribution in [0.4, 0.5) is 4.79 Å². The molecule has 6 heteroatoms. The molecule has 0 fully saturated rings. The Kier molecular flexibility index (Phi) is 5.53. The van der Waals surface area contributed by atoms with Crippen LogP contribution in [0.3, 0.4) is 0 Å². The van der Waals surface area contributed by atoms with Crippen molar-refractivity contribution < 1.29 is 23.9 Å². The zero-order valence-electron chi connectivity index (χ0n) is 14.4. The van der Waals surface area contributed by atoms with Crippen LogP contribution in [0, 0.1) is 6.92 Å². The van der Waals surface area contributed by atoms with Crippen LogP contribution in [-0.2, 0) is 19.8 Å². The molecule has 0 saturated heterocycles. The number of carbonyl (C=O) groups is 3. The predicted molar refractivity (Wildman–Crippen MR) is 85.3 cm³/mol. The Morgan fingerprint density at radius 3 is 2.22 bits per heavy atom. The van der Waals surface area contributed by atoms with Crippen molar-refractivity contribution in [3.63, 3.8) is 0 Å². The van der Waals surface area contributed by atoms with Crippen molar-refractivity contribution in [3.05, 3.63) is 34.9 Å². The Hall–Kier alpha value is -2.37. The van der Waals surface area contributed by atoms with Crippen molar-refractivity contribution in [1.29, 1.82) is 0 Å². The Morgan fingerprint density at radius 1 is 1.17 bits per heavy atom. The minimum Gasteiger partial charge on any atom is -0.465 e. The van der Waals surface area contributed by atoms with Crippen molar-refractivity contribution in [2.75, 3.05) is 7.11 Å². The van der Waals surface area contributed by atoms with Gasteiger partial charge < -0.3 is 19.6 Å². The molecule has 1 amide bonds. The van der Waals surface area contributed by atoms with E-state index in [0.717, 1.165) is 0 Å². The number of hydrogen-bond donors (Lipinski definition) is 1. The zero-order valence-corrected chi connectivity index (χ0v) is 14.4. The molecule has 6 nitrogen and oxygen atoms in total. The van der Waals surface area contributed by atoms with Gasteiger partial charge in [-0.25, -0.2) is 9.59 Å². The molecule has 0 bridgehead atoms. The molecule has 0 aromatic heterocycles. The third kappa shape index (κ3) is 4.81. The first-order valence-electron chi connectivity index (χ1n) is 7.19. The molecular formula is C17H23NO5. The highest BCUT2D eigenvalue weighted by molar-refractivity contribution is 5.91. The summed E-state index contributed by atoms with van der Waals surface area (Å²) in [6.45, 7) is 8.51. The van der Waals surface area contributed by atoms with E-state index in [1.54, 1.807) is 52.8 Å². The van der Waals surface area contributed by atoms with Crippen LogP contribution in [0.2, 0.25) is 0 Å². The minimum absolute atomic E-state index is 0.404. The molecule has 0 aliphatic rings. The van der Waals surface area contributed by atoms with Gasteiger partial charge in [0.2, 0.25) is 0 Å². The van der Waals surface area contributed by atoms with Gasteiger partial charge >= 0.3 is 12.1 Å². The lowest BCUT2D eigenvalue weighted by atomic mass is 9.91. The fourth-order valence-electron chi connectivity index (χ4n) is 2.01. The molecule has 0 radical (unpaired) electrons. The van der Waals surface area contributed by atoms with Crippen LogP contribution in [0.5, 0.6) is 0 Å². The molecule has 23 heavy (non-hydrogen) atoms. The van der Waals surface area contributed by atoms with E-state index in [9.17, 15) is 14.4 Å². The minimum atomic E-state index is -1.26. The number of methoxy groups -OCH3 is 1. The highest BCUT2D eigenvalue weighted by atomic mass is 16.6. The second-order valence-electron chi connectivity index (χ2n) is 6.47. The van der Waals surface area contributed by atoms with Gasteiger partial charge in [0.05, 0.1) is 12.7 Å². The topological polar surface area (TPSA) is 81.7 Å². The van der Waals surface area contributed by atoms with E-state index in [4.69, 9.17) is 9.47 Å². The summed E-state index contributed by atoms with van der Waals surface area (Å²) in [5.74, 6) is -0.457. The molecule has 1 aromatic rings. The van der Waals surface area contributed by atoms with Gasteiger partial charge in [-0.2, -0.15) is 0 Å². The SMILES string of the molecule is COC(=O)c1ccc(C(C)(C=O)NC(=O)OC(C)(C)C)cc1C. The number of rotatable bonds is 4. The van der Waals surface area contributed by atoms with Crippen LogP contribution in [0.1, 0.15) is 49.2 Å². The summed E-state index contributed by atoms with van der Waals surface area (Å²) in [7, 11) is 1.30. The molecule has 0 spiro atoms. The normalized spacial score (nSPS) is 13.7. The summed E-state index contributed by atoms with van der Waals surface area (Å²) >= 11 is 0. The second-order valence-corrected chi connectivity index (χ2v) is 6.47. The third-order valence-electron chi connectivity index (χ3n) is 3.23. The highest BCUT2D eigenvalue weighted by Gasteiger charge is 2.31. The van der Waals surface area contributed by atoms with E-state index in [-0.39, 0.29) is 0 Å². The van der Waals surface area contributed by atoms with Crippen molar-refractivity contribution in [2.45, 2.75) is 45.8 Å². The number of hydrogen-bond acceptors (Lipinski definition) is 5. The number of carbonyl (C=O) groups excluding carboxylic acids is 3. The molecule has 1 unspecified atom stereocenters. The molecule has 0 aliphatic carbocycles. The maximum atomic E-state index is 11.9. The standard InChI is InChI=1S/C17H23NO5/c1-11-9-12(7-8-13(11)14(20)22-6)17(5,10-19)18-15(21)23-16(2,3)4/h7-10H,1-6H3,(H,18,21). The summed E-state index contributed by atoms with van der Waals surface area (Å²) in [5.41, 5.74) is -0.334. The van der Waals surface area contributed by atoms with Crippen molar-refractivity contribution in [2.24, 2.45) is 0 Å². The van der Waals surface area contributed by atoms with Crippen molar-refractivity contribution >= 4 is 18.3 Å². The molecule has 1 rings (SSSR count). The average Bonchev–Trinajstić information content (AvgIpc) is 2.44. The number of benzene rings is 1. The van der Waals surface area contributed by atoms with Crippen LogP contribution in [0.15, 0.2) is 18.2 Å². The van der Waals surface area contributed by atoms with Crippen LogP contribution >= 0.6 is 0 Å². The summed E-state index contributed by atoms with van der Waals surface area (Å²) < 4.78 is 9.87. The quantitative estimate of drug-likeness (QED) is 0.681. The van der Waals surface area contributed by atoms with Gasteiger partial charge in [-0.1, -0.05) is 12.1 Å². The van der Waals surface area contributed by atoms with E-state index in [0.29, 0.717) is 23.0 Å². The Labute approximate surface area is 136 Å². The van der Waals surface area contributed by atoms with Gasteiger partial charge in [0.1, 0.15) is 17.4 Å². The molecule has 1 N–H and O–H groups in total. The lowest BCUT2D eigenvalue weighted by molar-refractivity contribution is -0.113. The number of alkyl carbamates (subject to hydrolysis) is 1. The molecule has 0 heterocycles. The number of aryl methyl sites for hydroxylation is 1. The first-order valence-corrected chi connectivity index (χ1v) is 7.19. The maximum Gasteiger partial charge on any atom is 0.408 e. The van der Waals surface area contributed by atoms with Gasteiger partial charge in [-0.3, -0.25) is 0 Å². The second kappa shape index (κ2) is 6.81. The molecule has 1 atom stereocenters. The third-order valence-corrected chi connectivity index (χ3v) is 3.23. The van der Waals surface area contributed by atoms with E-state index in [1.807, 2.05) is 0 Å². The number of amides is 1. The number of nitrogens with one attached hydrogen (secondary N) is 1. The molecule has 126 valence electrons. The Morgan fingerprint density at radius 2 is 1.78 bits per heavy atom. The number of esters is 1.